The Hall–Kier alpha value is -0.650. The normalized spacial score (nSPS) is 24.0. The summed E-state index contributed by atoms with van der Waals surface area (Å²) in [6.07, 6.45) is 8.10. The number of aliphatic hydroxyl groups excluding tert-OH is 1. The van der Waals surface area contributed by atoms with Crippen molar-refractivity contribution in [1.82, 2.24) is 9.88 Å². The molecule has 112 valence electrons. The van der Waals surface area contributed by atoms with E-state index in [4.69, 9.17) is 0 Å². The zero-order valence-corrected chi connectivity index (χ0v) is 13.1. The van der Waals surface area contributed by atoms with E-state index >= 15 is 0 Å². The van der Waals surface area contributed by atoms with Gasteiger partial charge in [0.15, 0.2) is 5.13 Å². The molecule has 0 spiro atoms. The molecule has 0 saturated carbocycles. The van der Waals surface area contributed by atoms with Crippen molar-refractivity contribution in [2.75, 3.05) is 31.1 Å². The standard InChI is InChI=1S/C15H25N3OS/c1-12(19)14-11-16-15(20-14)18-9-5-13(6-10-18)17-7-3-2-4-8-17/h11-13,19H,2-10H2,1H3. The lowest BCUT2D eigenvalue weighted by atomic mass is 10.0. The quantitative estimate of drug-likeness (QED) is 0.930. The summed E-state index contributed by atoms with van der Waals surface area (Å²) in [4.78, 5) is 10.5. The highest BCUT2D eigenvalue weighted by Gasteiger charge is 2.26. The molecular weight excluding hydrogens is 270 g/mol. The van der Waals surface area contributed by atoms with Gasteiger partial charge in [0.05, 0.1) is 11.0 Å². The van der Waals surface area contributed by atoms with Gasteiger partial charge in [0.25, 0.3) is 0 Å². The second-order valence-electron chi connectivity index (χ2n) is 6.04. The van der Waals surface area contributed by atoms with Gasteiger partial charge in [-0.2, -0.15) is 0 Å². The van der Waals surface area contributed by atoms with Crippen molar-refractivity contribution in [2.45, 2.75) is 51.2 Å². The van der Waals surface area contributed by atoms with Crippen LogP contribution in [0, 0.1) is 0 Å². The van der Waals surface area contributed by atoms with Crippen LogP contribution in [0.1, 0.15) is 50.0 Å². The number of rotatable bonds is 3. The van der Waals surface area contributed by atoms with E-state index in [-0.39, 0.29) is 0 Å². The summed E-state index contributed by atoms with van der Waals surface area (Å²) in [5.41, 5.74) is 0. The van der Waals surface area contributed by atoms with Crippen LogP contribution < -0.4 is 4.90 Å². The Bertz CT molecular complexity index is 421. The molecule has 0 aromatic carbocycles. The maximum Gasteiger partial charge on any atom is 0.185 e. The molecule has 0 bridgehead atoms. The second-order valence-corrected chi connectivity index (χ2v) is 7.08. The Balaban J connectivity index is 1.54. The van der Waals surface area contributed by atoms with Crippen molar-refractivity contribution < 1.29 is 5.11 Å². The van der Waals surface area contributed by atoms with Gasteiger partial charge in [0.1, 0.15) is 0 Å². The predicted octanol–water partition coefficient (Wildman–Crippen LogP) is 2.65. The second kappa shape index (κ2) is 6.41. The highest BCUT2D eigenvalue weighted by Crippen LogP contribution is 2.30. The number of thiazole rings is 1. The van der Waals surface area contributed by atoms with Gasteiger partial charge in [-0.1, -0.05) is 17.8 Å². The van der Waals surface area contributed by atoms with Crippen LogP contribution >= 0.6 is 11.3 Å². The SMILES string of the molecule is CC(O)c1cnc(N2CCC(N3CCCCC3)CC2)s1. The van der Waals surface area contributed by atoms with E-state index in [1.807, 2.05) is 6.20 Å². The molecule has 5 heteroatoms. The molecular formula is C15H25N3OS. The third kappa shape index (κ3) is 3.15. The highest BCUT2D eigenvalue weighted by atomic mass is 32.1. The van der Waals surface area contributed by atoms with Crippen LogP contribution in [0.4, 0.5) is 5.13 Å². The van der Waals surface area contributed by atoms with E-state index < -0.39 is 6.10 Å². The first-order chi connectivity index (χ1) is 9.74. The summed E-state index contributed by atoms with van der Waals surface area (Å²) in [5.74, 6) is 0. The lowest BCUT2D eigenvalue weighted by Crippen LogP contribution is -2.46. The minimum atomic E-state index is -0.396. The molecule has 1 unspecified atom stereocenters. The average Bonchev–Trinajstić information content (AvgIpc) is 2.98. The first kappa shape index (κ1) is 14.3. The van der Waals surface area contributed by atoms with Gasteiger partial charge >= 0.3 is 0 Å². The molecule has 0 amide bonds. The smallest absolute Gasteiger partial charge is 0.185 e. The molecule has 1 aromatic heterocycles. The van der Waals surface area contributed by atoms with Gasteiger partial charge in [-0.05, 0) is 45.7 Å². The molecule has 2 aliphatic rings. The van der Waals surface area contributed by atoms with E-state index in [1.54, 1.807) is 18.3 Å². The maximum absolute atomic E-state index is 9.59. The molecule has 20 heavy (non-hydrogen) atoms. The van der Waals surface area contributed by atoms with E-state index in [1.165, 1.54) is 45.2 Å². The topological polar surface area (TPSA) is 39.6 Å². The molecule has 4 nitrogen and oxygen atoms in total. The number of anilines is 1. The molecule has 0 aliphatic carbocycles. The van der Waals surface area contributed by atoms with Crippen molar-refractivity contribution in [3.63, 3.8) is 0 Å². The molecule has 3 rings (SSSR count). The number of hydrogen-bond donors (Lipinski definition) is 1. The molecule has 2 saturated heterocycles. The Labute approximate surface area is 125 Å². The van der Waals surface area contributed by atoms with E-state index in [0.717, 1.165) is 29.1 Å². The lowest BCUT2D eigenvalue weighted by Gasteiger charge is -2.40. The van der Waals surface area contributed by atoms with Crippen LogP contribution in [-0.2, 0) is 0 Å². The van der Waals surface area contributed by atoms with Gasteiger partial charge in [-0.25, -0.2) is 4.98 Å². The molecule has 2 fully saturated rings. The first-order valence-electron chi connectivity index (χ1n) is 7.87. The molecule has 1 aromatic rings. The minimum Gasteiger partial charge on any atom is -0.388 e. The van der Waals surface area contributed by atoms with E-state index in [9.17, 15) is 5.11 Å². The van der Waals surface area contributed by atoms with Crippen molar-refractivity contribution in [2.24, 2.45) is 0 Å². The Kier molecular flexibility index (Phi) is 4.58. The third-order valence-corrected chi connectivity index (χ3v) is 5.79. The van der Waals surface area contributed by atoms with Crippen LogP contribution in [0.5, 0.6) is 0 Å². The third-order valence-electron chi connectivity index (χ3n) is 4.57. The van der Waals surface area contributed by atoms with Crippen LogP contribution in [0.15, 0.2) is 6.20 Å². The zero-order chi connectivity index (χ0) is 13.9. The van der Waals surface area contributed by atoms with Crippen molar-refractivity contribution in [3.05, 3.63) is 11.1 Å². The van der Waals surface area contributed by atoms with Crippen molar-refractivity contribution in [3.8, 4) is 0 Å². The predicted molar refractivity (Wildman–Crippen MR) is 83.4 cm³/mol. The number of nitrogens with zero attached hydrogens (tertiary/aromatic N) is 3. The summed E-state index contributed by atoms with van der Waals surface area (Å²) in [7, 11) is 0. The minimum absolute atomic E-state index is 0.396. The summed E-state index contributed by atoms with van der Waals surface area (Å²) in [5, 5.41) is 10.7. The molecule has 1 atom stereocenters. The van der Waals surface area contributed by atoms with Gasteiger partial charge in [-0.3, -0.25) is 0 Å². The summed E-state index contributed by atoms with van der Waals surface area (Å²) < 4.78 is 0. The maximum atomic E-state index is 9.59. The Morgan fingerprint density at radius 1 is 1.20 bits per heavy atom. The monoisotopic (exact) mass is 295 g/mol. The molecule has 3 heterocycles. The number of likely N-dealkylation sites (tertiary alicyclic amines) is 1. The molecule has 0 radical (unpaired) electrons. The van der Waals surface area contributed by atoms with Crippen molar-refractivity contribution >= 4 is 16.5 Å². The average molecular weight is 295 g/mol. The van der Waals surface area contributed by atoms with Gasteiger partial charge in [0.2, 0.25) is 0 Å². The van der Waals surface area contributed by atoms with Gasteiger partial charge < -0.3 is 14.9 Å². The van der Waals surface area contributed by atoms with Crippen LogP contribution in [-0.4, -0.2) is 47.2 Å². The zero-order valence-electron chi connectivity index (χ0n) is 12.3. The fraction of sp³-hybridized carbons (Fsp3) is 0.800. The van der Waals surface area contributed by atoms with Crippen molar-refractivity contribution in [1.29, 1.82) is 0 Å². The fourth-order valence-electron chi connectivity index (χ4n) is 3.32. The van der Waals surface area contributed by atoms with Gasteiger partial charge in [0, 0.05) is 25.3 Å². The largest absolute Gasteiger partial charge is 0.388 e. The van der Waals surface area contributed by atoms with E-state index in [2.05, 4.69) is 14.8 Å². The molecule has 1 N–H and O–H groups in total. The lowest BCUT2D eigenvalue weighted by molar-refractivity contribution is 0.141. The number of aromatic nitrogens is 1. The summed E-state index contributed by atoms with van der Waals surface area (Å²) in [6, 6.07) is 0.780. The van der Waals surface area contributed by atoms with Crippen LogP contribution in [0.3, 0.4) is 0 Å². The highest BCUT2D eigenvalue weighted by molar-refractivity contribution is 7.15. The Morgan fingerprint density at radius 3 is 2.50 bits per heavy atom. The number of piperidine rings is 2. The van der Waals surface area contributed by atoms with Crippen LogP contribution in [0.25, 0.3) is 0 Å². The first-order valence-corrected chi connectivity index (χ1v) is 8.68. The van der Waals surface area contributed by atoms with Gasteiger partial charge in [-0.15, -0.1) is 0 Å². The summed E-state index contributed by atoms with van der Waals surface area (Å²) in [6.45, 7) is 6.62. The van der Waals surface area contributed by atoms with Crippen LogP contribution in [0.2, 0.25) is 0 Å². The fourth-order valence-corrected chi connectivity index (χ4v) is 4.23. The molecule has 2 aliphatic heterocycles. The number of aliphatic hydroxyl groups is 1. The Morgan fingerprint density at radius 2 is 1.90 bits per heavy atom. The summed E-state index contributed by atoms with van der Waals surface area (Å²) >= 11 is 1.64. The van der Waals surface area contributed by atoms with E-state index in [0.29, 0.717) is 0 Å². The number of hydrogen-bond acceptors (Lipinski definition) is 5.